The van der Waals surface area contributed by atoms with Gasteiger partial charge < -0.3 is 4.74 Å². The van der Waals surface area contributed by atoms with E-state index in [1.807, 2.05) is 0 Å². The molecule has 1 aromatic carbocycles. The van der Waals surface area contributed by atoms with E-state index in [0.29, 0.717) is 11.5 Å². The second-order valence-corrected chi connectivity index (χ2v) is 10.9. The molecule has 5 heteroatoms. The van der Waals surface area contributed by atoms with E-state index in [1.54, 1.807) is 0 Å². The molecule has 0 amide bonds. The molecule has 0 saturated heterocycles. The summed E-state index contributed by atoms with van der Waals surface area (Å²) in [5, 5.41) is 0. The first-order valence-corrected chi connectivity index (χ1v) is 14.0. The minimum atomic E-state index is -3.24. The van der Waals surface area contributed by atoms with Gasteiger partial charge in [-0.3, -0.25) is 0 Å². The molecule has 1 nitrogen and oxygen atoms in total. The molecule has 2 saturated carbocycles. The van der Waals surface area contributed by atoms with Crippen LogP contribution in [0.2, 0.25) is 0 Å². The van der Waals surface area contributed by atoms with Crippen LogP contribution >= 0.6 is 0 Å². The first kappa shape index (κ1) is 28.1. The van der Waals surface area contributed by atoms with Crippen molar-refractivity contribution in [1.82, 2.24) is 0 Å². The van der Waals surface area contributed by atoms with Crippen LogP contribution in [0.15, 0.2) is 24.3 Å². The summed E-state index contributed by atoms with van der Waals surface area (Å²) in [5.74, 6) is -0.476. The molecule has 0 unspecified atom stereocenters. The van der Waals surface area contributed by atoms with Crippen LogP contribution in [0.25, 0.3) is 0 Å². The van der Waals surface area contributed by atoms with E-state index >= 15 is 0 Å². The van der Waals surface area contributed by atoms with E-state index in [4.69, 9.17) is 0 Å². The quantitative estimate of drug-likeness (QED) is 0.150. The highest BCUT2D eigenvalue weighted by molar-refractivity contribution is 5.33. The predicted molar refractivity (Wildman–Crippen MR) is 135 cm³/mol. The fourth-order valence-electron chi connectivity index (χ4n) is 6.18. The Labute approximate surface area is 209 Å². The summed E-state index contributed by atoms with van der Waals surface area (Å²) >= 11 is 0. The molecule has 198 valence electrons. The van der Waals surface area contributed by atoms with Crippen molar-refractivity contribution in [2.75, 3.05) is 0 Å². The number of unbranched alkanes of at least 4 members (excludes halogenated alkanes) is 3. The highest BCUT2D eigenvalue weighted by atomic mass is 19.3. The van der Waals surface area contributed by atoms with Gasteiger partial charge in [0.25, 0.3) is 0 Å². The third-order valence-corrected chi connectivity index (χ3v) is 8.35. The van der Waals surface area contributed by atoms with Gasteiger partial charge in [-0.05, 0) is 86.3 Å². The van der Waals surface area contributed by atoms with E-state index in [9.17, 15) is 17.6 Å². The fourth-order valence-corrected chi connectivity index (χ4v) is 6.18. The molecule has 3 rings (SSSR count). The first-order valence-electron chi connectivity index (χ1n) is 14.0. The SMILES string of the molecule is CCC/C=C/CCCCC1CCC(CCC2CCC(c3cc(F)c(OC(F)F)c(F)c3)CC2)CC1. The normalized spacial score (nSPS) is 25.4. The van der Waals surface area contributed by atoms with Gasteiger partial charge in [0.15, 0.2) is 17.4 Å². The number of ether oxygens (including phenoxy) is 1. The van der Waals surface area contributed by atoms with E-state index in [2.05, 4.69) is 23.8 Å². The summed E-state index contributed by atoms with van der Waals surface area (Å²) in [5.41, 5.74) is 0.565. The van der Waals surface area contributed by atoms with E-state index in [0.717, 1.165) is 37.5 Å². The lowest BCUT2D eigenvalue weighted by atomic mass is 9.74. The molecule has 2 aliphatic rings. The highest BCUT2D eigenvalue weighted by Gasteiger charge is 2.27. The zero-order valence-corrected chi connectivity index (χ0v) is 21.4. The monoisotopic (exact) mass is 496 g/mol. The molecular formula is C30H44F4O. The Morgan fingerprint density at radius 1 is 0.771 bits per heavy atom. The molecule has 0 bridgehead atoms. The summed E-state index contributed by atoms with van der Waals surface area (Å²) in [7, 11) is 0. The predicted octanol–water partition coefficient (Wildman–Crippen LogP) is 10.3. The summed E-state index contributed by atoms with van der Waals surface area (Å²) in [6, 6.07) is 2.35. The molecule has 0 atom stereocenters. The molecular weight excluding hydrogens is 452 g/mol. The van der Waals surface area contributed by atoms with Gasteiger partial charge in [-0.1, -0.05) is 76.9 Å². The van der Waals surface area contributed by atoms with Crippen LogP contribution in [-0.2, 0) is 0 Å². The number of halogens is 4. The summed E-state index contributed by atoms with van der Waals surface area (Å²) in [4.78, 5) is 0. The van der Waals surface area contributed by atoms with Crippen LogP contribution < -0.4 is 4.74 Å². The largest absolute Gasteiger partial charge is 0.429 e. The van der Waals surface area contributed by atoms with Crippen LogP contribution in [-0.4, -0.2) is 6.61 Å². The Kier molecular flexibility index (Phi) is 11.9. The second kappa shape index (κ2) is 14.9. The fraction of sp³-hybridized carbons (Fsp3) is 0.733. The molecule has 35 heavy (non-hydrogen) atoms. The van der Waals surface area contributed by atoms with Gasteiger partial charge in [0.1, 0.15) is 0 Å². The van der Waals surface area contributed by atoms with Gasteiger partial charge in [-0.2, -0.15) is 8.78 Å². The summed E-state index contributed by atoms with van der Waals surface area (Å²) < 4.78 is 56.9. The van der Waals surface area contributed by atoms with Crippen molar-refractivity contribution < 1.29 is 22.3 Å². The van der Waals surface area contributed by atoms with Crippen LogP contribution in [0.4, 0.5) is 17.6 Å². The standard InChI is InChI=1S/C30H44F4O/c1-2-3-4-5-6-7-8-9-22-10-12-23(13-11-22)14-15-24-16-18-25(19-17-24)26-20-27(31)29(28(32)21-26)35-30(33)34/h4-5,20-25,30H,2-3,6-19H2,1H3/b5-4+. The third kappa shape index (κ3) is 9.46. The van der Waals surface area contributed by atoms with Crippen LogP contribution in [0.5, 0.6) is 5.75 Å². The maximum Gasteiger partial charge on any atom is 0.387 e. The number of hydrogen-bond donors (Lipinski definition) is 0. The summed E-state index contributed by atoms with van der Waals surface area (Å²) in [6.07, 6.45) is 24.5. The van der Waals surface area contributed by atoms with Crippen molar-refractivity contribution >= 4 is 0 Å². The van der Waals surface area contributed by atoms with Gasteiger partial charge in [0.2, 0.25) is 0 Å². The van der Waals surface area contributed by atoms with Crippen molar-refractivity contribution in [3.63, 3.8) is 0 Å². The average molecular weight is 497 g/mol. The zero-order chi connectivity index (χ0) is 25.0. The molecule has 2 aliphatic carbocycles. The number of rotatable bonds is 13. The van der Waals surface area contributed by atoms with Crippen molar-refractivity contribution in [1.29, 1.82) is 0 Å². The lowest BCUT2D eigenvalue weighted by Gasteiger charge is -2.32. The van der Waals surface area contributed by atoms with Crippen LogP contribution in [0.1, 0.15) is 121 Å². The van der Waals surface area contributed by atoms with Crippen LogP contribution in [0.3, 0.4) is 0 Å². The van der Waals surface area contributed by atoms with Crippen molar-refractivity contribution in [2.24, 2.45) is 17.8 Å². The van der Waals surface area contributed by atoms with Crippen LogP contribution in [0, 0.1) is 29.4 Å². The molecule has 1 aromatic rings. The molecule has 0 N–H and O–H groups in total. The number of hydrogen-bond acceptors (Lipinski definition) is 1. The third-order valence-electron chi connectivity index (χ3n) is 8.35. The lowest BCUT2D eigenvalue weighted by Crippen LogP contribution is -2.18. The zero-order valence-electron chi connectivity index (χ0n) is 21.4. The van der Waals surface area contributed by atoms with Gasteiger partial charge in [-0.15, -0.1) is 0 Å². The number of allylic oxidation sites excluding steroid dienone is 2. The Morgan fingerprint density at radius 3 is 1.83 bits per heavy atom. The van der Waals surface area contributed by atoms with Crippen molar-refractivity contribution in [2.45, 2.75) is 122 Å². The minimum absolute atomic E-state index is 0.0911. The van der Waals surface area contributed by atoms with Crippen molar-refractivity contribution in [3.05, 3.63) is 41.5 Å². The Morgan fingerprint density at radius 2 is 1.29 bits per heavy atom. The molecule has 0 heterocycles. The molecule has 0 aromatic heterocycles. The number of benzene rings is 1. The lowest BCUT2D eigenvalue weighted by molar-refractivity contribution is -0.0546. The second-order valence-electron chi connectivity index (χ2n) is 10.9. The molecule has 0 aliphatic heterocycles. The van der Waals surface area contributed by atoms with Gasteiger partial charge in [0.05, 0.1) is 0 Å². The minimum Gasteiger partial charge on any atom is -0.429 e. The Balaban J connectivity index is 1.30. The van der Waals surface area contributed by atoms with Crippen molar-refractivity contribution in [3.8, 4) is 5.75 Å². The first-order chi connectivity index (χ1) is 17.0. The van der Waals surface area contributed by atoms with Gasteiger partial charge >= 0.3 is 6.61 Å². The van der Waals surface area contributed by atoms with E-state index < -0.39 is 24.0 Å². The molecule has 2 fully saturated rings. The highest BCUT2D eigenvalue weighted by Crippen LogP contribution is 2.41. The smallest absolute Gasteiger partial charge is 0.387 e. The summed E-state index contributed by atoms with van der Waals surface area (Å²) in [6.45, 7) is -1.02. The maximum atomic E-state index is 14.1. The van der Waals surface area contributed by atoms with Gasteiger partial charge in [-0.25, -0.2) is 8.78 Å². The molecule has 0 radical (unpaired) electrons. The van der Waals surface area contributed by atoms with E-state index in [-0.39, 0.29) is 5.92 Å². The Bertz CT molecular complexity index is 739. The Hall–Kier alpha value is -1.52. The average Bonchev–Trinajstić information content (AvgIpc) is 2.85. The topological polar surface area (TPSA) is 9.23 Å². The molecule has 0 spiro atoms. The van der Waals surface area contributed by atoms with E-state index in [1.165, 1.54) is 89.2 Å². The maximum absolute atomic E-state index is 14.1. The van der Waals surface area contributed by atoms with Gasteiger partial charge in [0, 0.05) is 0 Å². The number of alkyl halides is 2.